The lowest BCUT2D eigenvalue weighted by Crippen LogP contribution is -2.60. The molecule has 2 heterocycles. The molecule has 18 heteroatoms. The lowest BCUT2D eigenvalue weighted by atomic mass is 9.82. The summed E-state index contributed by atoms with van der Waals surface area (Å²) in [6.07, 6.45) is 2.86. The van der Waals surface area contributed by atoms with E-state index >= 15 is 0 Å². The van der Waals surface area contributed by atoms with Gasteiger partial charge in [0.2, 0.25) is 17.7 Å². The number of carbonyl (C=O) groups excluding carboxylic acids is 3. The standard InChI is InChI=1S/C37H57N7O9S2/c1-24(2)19-31(45)34(49)28(20-25-9-5-3-6-10-25)40-35(50)29(22-27-23-54-37(38)39-27)41-36(51)30(21-26-11-7-4-8-12-26)42-55(52,53)44-17-15-43(16-18-44)32(46)13-14-33(47)48/h4,7-8,11-12,23-25,28-31,34,42,45,49H,3,5-6,9-10,13-22H2,1-2H3,(H2,38,39)(H,40,50)(H,41,51)(H,47,48). The van der Waals surface area contributed by atoms with E-state index in [-0.39, 0.29) is 74.7 Å². The number of nitrogens with one attached hydrogen (secondary N) is 3. The van der Waals surface area contributed by atoms with Gasteiger partial charge in [0.15, 0.2) is 5.13 Å². The third-order valence-electron chi connectivity index (χ3n) is 10.1. The van der Waals surface area contributed by atoms with Gasteiger partial charge in [-0.1, -0.05) is 76.3 Å². The van der Waals surface area contributed by atoms with Crippen LogP contribution >= 0.6 is 11.3 Å². The van der Waals surface area contributed by atoms with E-state index in [0.717, 1.165) is 36.4 Å². The number of carboxylic acid groups (broad SMARTS) is 1. The number of nitrogens with zero attached hydrogens (tertiary/aromatic N) is 3. The number of anilines is 1. The lowest BCUT2D eigenvalue weighted by Gasteiger charge is -2.35. The average molecular weight is 808 g/mol. The van der Waals surface area contributed by atoms with Crippen molar-refractivity contribution in [3.63, 3.8) is 0 Å². The second-order valence-electron chi connectivity index (χ2n) is 15.0. The fourth-order valence-electron chi connectivity index (χ4n) is 7.19. The summed E-state index contributed by atoms with van der Waals surface area (Å²) >= 11 is 1.17. The smallest absolute Gasteiger partial charge is 0.303 e. The third kappa shape index (κ3) is 14.1. The van der Waals surface area contributed by atoms with Gasteiger partial charge in [0, 0.05) is 44.4 Å². The van der Waals surface area contributed by atoms with Crippen LogP contribution in [0.15, 0.2) is 35.7 Å². The number of aliphatic hydroxyl groups excluding tert-OH is 2. The first-order valence-electron chi connectivity index (χ1n) is 19.1. The number of carboxylic acids is 1. The summed E-state index contributed by atoms with van der Waals surface area (Å²) < 4.78 is 31.1. The summed E-state index contributed by atoms with van der Waals surface area (Å²) in [7, 11) is -4.30. The molecule has 2 fully saturated rings. The summed E-state index contributed by atoms with van der Waals surface area (Å²) in [5.41, 5.74) is 6.98. The Morgan fingerprint density at radius 1 is 0.927 bits per heavy atom. The van der Waals surface area contributed by atoms with Crippen LogP contribution in [0.1, 0.15) is 82.9 Å². The summed E-state index contributed by atoms with van der Waals surface area (Å²) in [6, 6.07) is 5.38. The predicted molar refractivity (Wildman–Crippen MR) is 208 cm³/mol. The largest absolute Gasteiger partial charge is 0.481 e. The van der Waals surface area contributed by atoms with Crippen LogP contribution in [0.5, 0.6) is 0 Å². The maximum Gasteiger partial charge on any atom is 0.303 e. The summed E-state index contributed by atoms with van der Waals surface area (Å²) in [6.45, 7) is 3.82. The number of hydrogen-bond acceptors (Lipinski definition) is 11. The first-order chi connectivity index (χ1) is 26.1. The van der Waals surface area contributed by atoms with Gasteiger partial charge in [0.05, 0.1) is 24.3 Å². The van der Waals surface area contributed by atoms with E-state index in [2.05, 4.69) is 20.3 Å². The topological polar surface area (TPSA) is 245 Å². The van der Waals surface area contributed by atoms with Gasteiger partial charge in [-0.05, 0) is 36.7 Å². The molecule has 2 aromatic rings. The van der Waals surface area contributed by atoms with Crippen molar-refractivity contribution in [1.82, 2.24) is 29.5 Å². The Labute approximate surface area is 327 Å². The summed E-state index contributed by atoms with van der Waals surface area (Å²) in [5, 5.41) is 38.8. The monoisotopic (exact) mass is 807 g/mol. The Morgan fingerprint density at radius 3 is 2.18 bits per heavy atom. The molecule has 8 N–H and O–H groups in total. The quantitative estimate of drug-likeness (QED) is 0.101. The SMILES string of the molecule is CC(C)CC(O)C(O)C(CC1CCCCC1)NC(=O)C(Cc1csc(N)n1)NC(=O)C(Cc1ccccc1)NS(=O)(=O)N1CCN(C(=O)CCC(=O)O)CC1. The molecule has 1 saturated heterocycles. The van der Waals surface area contributed by atoms with Crippen LogP contribution in [-0.2, 0) is 42.2 Å². The van der Waals surface area contributed by atoms with E-state index in [1.165, 1.54) is 16.2 Å². The fourth-order valence-corrected chi connectivity index (χ4v) is 9.11. The number of nitrogen functional groups attached to an aromatic ring is 1. The number of nitrogens with two attached hydrogens (primary N) is 1. The molecule has 1 aliphatic heterocycles. The molecular formula is C37H57N7O9S2. The molecule has 1 saturated carbocycles. The number of amides is 3. The van der Waals surface area contributed by atoms with Crippen LogP contribution in [0.3, 0.4) is 0 Å². The van der Waals surface area contributed by atoms with Crippen LogP contribution in [-0.4, -0.2) is 118 Å². The van der Waals surface area contributed by atoms with Gasteiger partial charge in [0.25, 0.3) is 10.2 Å². The van der Waals surface area contributed by atoms with Crippen molar-refractivity contribution in [2.24, 2.45) is 11.8 Å². The highest BCUT2D eigenvalue weighted by Gasteiger charge is 2.37. The maximum absolute atomic E-state index is 14.2. The molecule has 0 spiro atoms. The Bertz CT molecular complexity index is 1660. The Hall–Kier alpha value is -3.68. The molecule has 1 aliphatic carbocycles. The Balaban J connectivity index is 1.55. The minimum absolute atomic E-state index is 0.0493. The Kier molecular flexibility index (Phi) is 16.8. The summed E-state index contributed by atoms with van der Waals surface area (Å²) in [5.74, 6) is -2.56. The number of aliphatic carboxylic acids is 1. The zero-order valence-corrected chi connectivity index (χ0v) is 33.3. The molecule has 0 radical (unpaired) electrons. The van der Waals surface area contributed by atoms with Crippen LogP contribution in [0.4, 0.5) is 5.13 Å². The number of benzene rings is 1. The first-order valence-corrected chi connectivity index (χ1v) is 21.4. The second kappa shape index (κ2) is 21.0. The number of piperazine rings is 1. The highest BCUT2D eigenvalue weighted by Crippen LogP contribution is 2.29. The normalized spacial score (nSPS) is 18.6. The fraction of sp³-hybridized carbons (Fsp3) is 0.649. The molecule has 2 aliphatic rings. The molecule has 1 aromatic carbocycles. The number of aromatic nitrogens is 1. The number of rotatable bonds is 20. The molecule has 5 unspecified atom stereocenters. The molecule has 3 amide bonds. The van der Waals surface area contributed by atoms with Crippen molar-refractivity contribution in [2.75, 3.05) is 31.9 Å². The first kappa shape index (κ1) is 44.0. The lowest BCUT2D eigenvalue weighted by molar-refractivity contribution is -0.141. The van der Waals surface area contributed by atoms with Crippen LogP contribution in [0.2, 0.25) is 0 Å². The zero-order valence-electron chi connectivity index (χ0n) is 31.6. The number of carbonyl (C=O) groups is 4. The minimum Gasteiger partial charge on any atom is -0.481 e. The van der Waals surface area contributed by atoms with E-state index in [1.807, 2.05) is 13.8 Å². The predicted octanol–water partition coefficient (Wildman–Crippen LogP) is 1.43. The molecule has 0 bridgehead atoms. The second-order valence-corrected chi connectivity index (χ2v) is 17.6. The average Bonchev–Trinajstić information content (AvgIpc) is 3.57. The highest BCUT2D eigenvalue weighted by molar-refractivity contribution is 7.87. The molecule has 4 rings (SSSR count). The van der Waals surface area contributed by atoms with E-state index in [0.29, 0.717) is 24.1 Å². The van der Waals surface area contributed by atoms with Gasteiger partial charge >= 0.3 is 5.97 Å². The van der Waals surface area contributed by atoms with Crippen LogP contribution < -0.4 is 21.1 Å². The summed E-state index contributed by atoms with van der Waals surface area (Å²) in [4.78, 5) is 57.4. The van der Waals surface area contributed by atoms with E-state index in [9.17, 15) is 37.8 Å². The third-order valence-corrected chi connectivity index (χ3v) is 12.5. The van der Waals surface area contributed by atoms with Crippen molar-refractivity contribution in [3.8, 4) is 0 Å². The van der Waals surface area contributed by atoms with Gasteiger partial charge in [-0.2, -0.15) is 17.4 Å². The van der Waals surface area contributed by atoms with Crippen molar-refractivity contribution < 1.29 is 42.9 Å². The molecular weight excluding hydrogens is 751 g/mol. The van der Waals surface area contributed by atoms with Crippen molar-refractivity contribution >= 4 is 50.4 Å². The van der Waals surface area contributed by atoms with Gasteiger partial charge in [-0.15, -0.1) is 11.3 Å². The molecule has 16 nitrogen and oxygen atoms in total. The number of thiazole rings is 1. The zero-order chi connectivity index (χ0) is 40.1. The number of hydrogen-bond donors (Lipinski definition) is 7. The van der Waals surface area contributed by atoms with Crippen molar-refractivity contribution in [3.05, 3.63) is 47.0 Å². The minimum atomic E-state index is -4.30. The number of aliphatic hydroxyl groups is 2. The van der Waals surface area contributed by atoms with E-state index in [1.54, 1.807) is 35.7 Å². The molecule has 306 valence electrons. The van der Waals surface area contributed by atoms with Crippen LogP contribution in [0, 0.1) is 11.8 Å². The molecule has 55 heavy (non-hydrogen) atoms. The highest BCUT2D eigenvalue weighted by atomic mass is 32.2. The van der Waals surface area contributed by atoms with Crippen molar-refractivity contribution in [1.29, 1.82) is 0 Å². The van der Waals surface area contributed by atoms with Crippen molar-refractivity contribution in [2.45, 2.75) is 115 Å². The van der Waals surface area contributed by atoms with Gasteiger partial charge < -0.3 is 36.6 Å². The van der Waals surface area contributed by atoms with E-state index < -0.39 is 58.3 Å². The Morgan fingerprint density at radius 2 is 1.58 bits per heavy atom. The van der Waals surface area contributed by atoms with Gasteiger partial charge in [-0.25, -0.2) is 4.98 Å². The van der Waals surface area contributed by atoms with Crippen LogP contribution in [0.25, 0.3) is 0 Å². The van der Waals surface area contributed by atoms with E-state index in [4.69, 9.17) is 10.8 Å². The molecule has 5 atom stereocenters. The maximum atomic E-state index is 14.2. The van der Waals surface area contributed by atoms with Gasteiger partial charge in [0.1, 0.15) is 18.2 Å². The molecule has 1 aromatic heterocycles. The van der Waals surface area contributed by atoms with Gasteiger partial charge in [-0.3, -0.25) is 19.2 Å².